The molecule has 0 spiro atoms. The largest absolute Gasteiger partial charge is 0.389 e. The van der Waals surface area contributed by atoms with Crippen LogP contribution in [0.1, 0.15) is 50.5 Å². The van der Waals surface area contributed by atoms with Gasteiger partial charge in [-0.3, -0.25) is 4.90 Å². The summed E-state index contributed by atoms with van der Waals surface area (Å²) in [5.74, 6) is 3.02. The lowest BCUT2D eigenvalue weighted by molar-refractivity contribution is -0.0741. The van der Waals surface area contributed by atoms with Crippen LogP contribution in [0.25, 0.3) is 0 Å². The molecule has 0 amide bonds. The first-order valence-electron chi connectivity index (χ1n) is 12.5. The summed E-state index contributed by atoms with van der Waals surface area (Å²) in [5.41, 5.74) is 3.08. The maximum absolute atomic E-state index is 10.5. The van der Waals surface area contributed by atoms with Crippen molar-refractivity contribution in [2.45, 2.75) is 58.0 Å². The number of hydrogen-bond acceptors (Lipinski definition) is 4. The maximum Gasteiger partial charge on any atom is 0.0900 e. The molecule has 4 nitrogen and oxygen atoms in total. The molecule has 5 fully saturated rings. The van der Waals surface area contributed by atoms with Gasteiger partial charge in [0.2, 0.25) is 0 Å². The third kappa shape index (κ3) is 6.51. The van der Waals surface area contributed by atoms with E-state index >= 15 is 0 Å². The predicted octanol–water partition coefficient (Wildman–Crippen LogP) is 5.60. The molecular formula is C26H41Cl3N2O2. The number of ether oxygens (including phenoxy) is 1. The van der Waals surface area contributed by atoms with E-state index in [0.717, 1.165) is 55.6 Å². The average Bonchev–Trinajstić information content (AvgIpc) is 2.73. The number of piperazine rings is 1. The van der Waals surface area contributed by atoms with Crippen molar-refractivity contribution in [3.8, 4) is 0 Å². The topological polar surface area (TPSA) is 35.9 Å². The molecule has 1 atom stereocenters. The molecule has 1 N–H and O–H groups in total. The molecule has 1 aromatic rings. The van der Waals surface area contributed by atoms with Crippen LogP contribution in [-0.2, 0) is 4.74 Å². The molecule has 1 aliphatic heterocycles. The third-order valence-corrected chi connectivity index (χ3v) is 8.84. The van der Waals surface area contributed by atoms with E-state index in [0.29, 0.717) is 18.6 Å². The summed E-state index contributed by atoms with van der Waals surface area (Å²) in [5, 5.41) is 11.3. The highest BCUT2D eigenvalue weighted by molar-refractivity contribution is 6.30. The quantitative estimate of drug-likeness (QED) is 0.454. The van der Waals surface area contributed by atoms with Gasteiger partial charge in [-0.1, -0.05) is 17.7 Å². The normalized spacial score (nSPS) is 31.7. The molecule has 1 saturated heterocycles. The standard InChI is InChI=1S/C26H39ClN2O2.2ClH/c1-19-2-3-23(27)13-25(19)29-7-5-28(6-8-29)17-24(30)18-31-9-4-26-14-20-10-21(15-26)12-22(11-20)16-26;;/h2-3,13,20-22,24,30H,4-12,14-18H2,1H3;2*1H. The van der Waals surface area contributed by atoms with E-state index in [1.807, 2.05) is 6.07 Å². The zero-order valence-electron chi connectivity index (χ0n) is 19.9. The van der Waals surface area contributed by atoms with Gasteiger partial charge in [0, 0.05) is 50.0 Å². The molecule has 7 heteroatoms. The summed E-state index contributed by atoms with van der Waals surface area (Å²) in [7, 11) is 0. The number of halogens is 3. The van der Waals surface area contributed by atoms with Gasteiger partial charge >= 0.3 is 0 Å². The van der Waals surface area contributed by atoms with Gasteiger partial charge in [0.15, 0.2) is 0 Å². The molecular weight excluding hydrogens is 479 g/mol. The molecule has 4 saturated carbocycles. The van der Waals surface area contributed by atoms with Crippen molar-refractivity contribution in [2.75, 3.05) is 50.8 Å². The Morgan fingerprint density at radius 3 is 2.24 bits per heavy atom. The number of aryl methyl sites for hydroxylation is 1. The van der Waals surface area contributed by atoms with E-state index in [4.69, 9.17) is 16.3 Å². The predicted molar refractivity (Wildman–Crippen MR) is 141 cm³/mol. The number of benzene rings is 1. The van der Waals surface area contributed by atoms with Crippen molar-refractivity contribution >= 4 is 42.1 Å². The fourth-order valence-corrected chi connectivity index (χ4v) is 7.72. The molecule has 0 radical (unpaired) electrons. The number of β-amino-alcohol motifs (C(OH)–C–C–N with tert-alkyl or cyclic N) is 1. The van der Waals surface area contributed by atoms with Crippen LogP contribution in [0.2, 0.25) is 5.02 Å². The maximum atomic E-state index is 10.5. The second-order valence-electron chi connectivity index (χ2n) is 11.1. The van der Waals surface area contributed by atoms with Crippen molar-refractivity contribution in [3.05, 3.63) is 28.8 Å². The van der Waals surface area contributed by atoms with E-state index < -0.39 is 6.10 Å². The summed E-state index contributed by atoms with van der Waals surface area (Å²) < 4.78 is 5.99. The molecule has 1 heterocycles. The average molecular weight is 520 g/mol. The Bertz CT molecular complexity index is 735. The molecule has 4 aliphatic carbocycles. The molecule has 1 aromatic carbocycles. The van der Waals surface area contributed by atoms with Gasteiger partial charge in [-0.05, 0) is 92.7 Å². The van der Waals surface area contributed by atoms with Crippen LogP contribution in [0.5, 0.6) is 0 Å². The second kappa shape index (κ2) is 11.7. The van der Waals surface area contributed by atoms with Crippen LogP contribution in [0.3, 0.4) is 0 Å². The van der Waals surface area contributed by atoms with E-state index in [2.05, 4.69) is 28.9 Å². The number of aliphatic hydroxyl groups excluding tert-OH is 1. The summed E-state index contributed by atoms with van der Waals surface area (Å²) in [6, 6.07) is 6.11. The van der Waals surface area contributed by atoms with Crippen molar-refractivity contribution < 1.29 is 9.84 Å². The Morgan fingerprint density at radius 1 is 1.03 bits per heavy atom. The number of rotatable bonds is 8. The van der Waals surface area contributed by atoms with Gasteiger partial charge in [0.1, 0.15) is 0 Å². The van der Waals surface area contributed by atoms with E-state index in [9.17, 15) is 5.11 Å². The fourth-order valence-electron chi connectivity index (χ4n) is 7.55. The van der Waals surface area contributed by atoms with Gasteiger partial charge in [-0.25, -0.2) is 0 Å². The Morgan fingerprint density at radius 2 is 1.64 bits per heavy atom. The first-order valence-corrected chi connectivity index (χ1v) is 12.9. The van der Waals surface area contributed by atoms with Gasteiger partial charge in [-0.2, -0.15) is 0 Å². The summed E-state index contributed by atoms with van der Waals surface area (Å²) in [6.45, 7) is 8.03. The highest BCUT2D eigenvalue weighted by Crippen LogP contribution is 2.61. The number of anilines is 1. The van der Waals surface area contributed by atoms with Gasteiger partial charge in [-0.15, -0.1) is 24.8 Å². The third-order valence-electron chi connectivity index (χ3n) is 8.61. The van der Waals surface area contributed by atoms with Crippen molar-refractivity contribution in [2.24, 2.45) is 23.2 Å². The van der Waals surface area contributed by atoms with Crippen molar-refractivity contribution in [1.82, 2.24) is 4.90 Å². The lowest BCUT2D eigenvalue weighted by atomic mass is 9.49. The minimum Gasteiger partial charge on any atom is -0.389 e. The van der Waals surface area contributed by atoms with Crippen LogP contribution in [0.4, 0.5) is 5.69 Å². The SMILES string of the molecule is Cc1ccc(Cl)cc1N1CCN(CC(O)COCCC23CC4CC(CC(C4)C2)C3)CC1.Cl.Cl. The van der Waals surface area contributed by atoms with Crippen LogP contribution in [0.15, 0.2) is 18.2 Å². The van der Waals surface area contributed by atoms with E-state index in [1.165, 1.54) is 56.2 Å². The number of hydrogen-bond donors (Lipinski definition) is 1. The van der Waals surface area contributed by atoms with Crippen LogP contribution < -0.4 is 4.90 Å². The van der Waals surface area contributed by atoms with Crippen LogP contribution in [0, 0.1) is 30.1 Å². The Hall–Kier alpha value is -0.230. The Kier molecular flexibility index (Phi) is 9.67. The molecule has 33 heavy (non-hydrogen) atoms. The van der Waals surface area contributed by atoms with Gasteiger partial charge in [0.25, 0.3) is 0 Å². The first kappa shape index (κ1) is 27.4. The van der Waals surface area contributed by atoms with E-state index in [1.54, 1.807) is 0 Å². The summed E-state index contributed by atoms with van der Waals surface area (Å²) in [4.78, 5) is 4.77. The minimum atomic E-state index is -0.393. The zero-order chi connectivity index (χ0) is 21.4. The number of nitrogens with zero attached hydrogens (tertiary/aromatic N) is 2. The van der Waals surface area contributed by atoms with Gasteiger partial charge < -0.3 is 14.7 Å². The van der Waals surface area contributed by atoms with Crippen molar-refractivity contribution in [3.63, 3.8) is 0 Å². The summed E-state index contributed by atoms with van der Waals surface area (Å²) >= 11 is 6.20. The van der Waals surface area contributed by atoms with E-state index in [-0.39, 0.29) is 24.8 Å². The lowest BCUT2D eigenvalue weighted by Gasteiger charge is -2.57. The number of aliphatic hydroxyl groups is 1. The van der Waals surface area contributed by atoms with Crippen molar-refractivity contribution in [1.29, 1.82) is 0 Å². The Balaban J connectivity index is 0.00000153. The minimum absolute atomic E-state index is 0. The molecule has 4 bridgehead atoms. The molecule has 1 unspecified atom stereocenters. The molecule has 5 aliphatic rings. The Labute approximate surface area is 217 Å². The highest BCUT2D eigenvalue weighted by atomic mass is 35.5. The summed E-state index contributed by atoms with van der Waals surface area (Å²) in [6.07, 6.45) is 9.66. The van der Waals surface area contributed by atoms with Crippen LogP contribution in [-0.4, -0.2) is 62.0 Å². The van der Waals surface area contributed by atoms with Gasteiger partial charge in [0.05, 0.1) is 12.7 Å². The monoisotopic (exact) mass is 518 g/mol. The van der Waals surface area contributed by atoms with Crippen LogP contribution >= 0.6 is 36.4 Å². The first-order chi connectivity index (χ1) is 15.0. The lowest BCUT2D eigenvalue weighted by Crippen LogP contribution is -2.49. The zero-order valence-corrected chi connectivity index (χ0v) is 22.3. The smallest absolute Gasteiger partial charge is 0.0900 e. The fraction of sp³-hybridized carbons (Fsp3) is 0.769. The second-order valence-corrected chi connectivity index (χ2v) is 11.6. The molecule has 6 rings (SSSR count). The molecule has 0 aromatic heterocycles. The molecule has 188 valence electrons. The highest BCUT2D eigenvalue weighted by Gasteiger charge is 2.50.